The van der Waals surface area contributed by atoms with E-state index in [1.165, 1.54) is 24.6 Å². The molecule has 0 fully saturated rings. The van der Waals surface area contributed by atoms with Crippen LogP contribution in [0.2, 0.25) is 5.15 Å². The molecule has 2 aromatic heterocycles. The van der Waals surface area contributed by atoms with E-state index < -0.39 is 5.97 Å². The maximum atomic E-state index is 12.6. The Bertz CT molecular complexity index is 819. The number of fused-ring (bicyclic) bond motifs is 1. The van der Waals surface area contributed by atoms with E-state index in [-0.39, 0.29) is 16.6 Å². The lowest BCUT2D eigenvalue weighted by molar-refractivity contribution is 0.0601. The van der Waals surface area contributed by atoms with Gasteiger partial charge in [0.2, 0.25) is 0 Å². The van der Waals surface area contributed by atoms with Crippen molar-refractivity contribution < 1.29 is 14.3 Å². The minimum absolute atomic E-state index is 0.131. The number of aromatic nitrogens is 1. The average Bonchev–Trinajstić information content (AvgIpc) is 2.98. The molecule has 0 bridgehead atoms. The molecule has 5 nitrogen and oxygen atoms in total. The number of anilines is 1. The largest absolute Gasteiger partial charge is 0.465 e. The molecule has 1 atom stereocenters. The van der Waals surface area contributed by atoms with Crippen LogP contribution in [0, 0.1) is 5.92 Å². The van der Waals surface area contributed by atoms with E-state index in [1.807, 2.05) is 0 Å². The van der Waals surface area contributed by atoms with Crippen molar-refractivity contribution >= 4 is 39.8 Å². The minimum atomic E-state index is -0.417. The molecule has 1 N–H and O–H groups in total. The maximum absolute atomic E-state index is 12.6. The molecule has 132 valence electrons. The molecular formula is C18H19ClN2O3S. The van der Waals surface area contributed by atoms with Crippen molar-refractivity contribution in [3.8, 4) is 0 Å². The summed E-state index contributed by atoms with van der Waals surface area (Å²) >= 11 is 7.45. The van der Waals surface area contributed by atoms with Crippen LogP contribution in [-0.4, -0.2) is 24.0 Å². The fourth-order valence-electron chi connectivity index (χ4n) is 3.13. The summed E-state index contributed by atoms with van der Waals surface area (Å²) in [6.07, 6.45) is 5.44. The highest BCUT2D eigenvalue weighted by molar-refractivity contribution is 7.17. The molecule has 2 heterocycles. The number of thiophene rings is 1. The topological polar surface area (TPSA) is 68.3 Å². The van der Waals surface area contributed by atoms with Gasteiger partial charge in [0.1, 0.15) is 10.2 Å². The third-order valence-electron chi connectivity index (χ3n) is 4.56. The second-order valence-electron chi connectivity index (χ2n) is 6.01. The number of pyridine rings is 1. The molecule has 0 radical (unpaired) electrons. The van der Waals surface area contributed by atoms with Crippen LogP contribution >= 0.6 is 22.9 Å². The van der Waals surface area contributed by atoms with Gasteiger partial charge in [0.05, 0.1) is 18.2 Å². The van der Waals surface area contributed by atoms with Crippen LogP contribution in [0.25, 0.3) is 0 Å². The molecular weight excluding hydrogens is 360 g/mol. The van der Waals surface area contributed by atoms with E-state index in [2.05, 4.69) is 17.2 Å². The number of amides is 1. The highest BCUT2D eigenvalue weighted by Gasteiger charge is 2.30. The van der Waals surface area contributed by atoms with Crippen molar-refractivity contribution in [3.05, 3.63) is 45.1 Å². The summed E-state index contributed by atoms with van der Waals surface area (Å²) in [4.78, 5) is 29.9. The van der Waals surface area contributed by atoms with Crippen LogP contribution in [0.3, 0.4) is 0 Å². The number of carbonyl (C=O) groups excluding carboxylic acids is 2. The lowest BCUT2D eigenvalue weighted by atomic mass is 9.85. The second-order valence-corrected chi connectivity index (χ2v) is 7.48. The van der Waals surface area contributed by atoms with Crippen LogP contribution in [0.4, 0.5) is 5.00 Å². The zero-order chi connectivity index (χ0) is 18.0. The number of carbonyl (C=O) groups is 2. The Balaban J connectivity index is 1.96. The number of nitrogens with one attached hydrogen (secondary N) is 1. The first-order valence-corrected chi connectivity index (χ1v) is 9.39. The fourth-order valence-corrected chi connectivity index (χ4v) is 4.68. The van der Waals surface area contributed by atoms with Crippen molar-refractivity contribution in [3.63, 3.8) is 0 Å². The van der Waals surface area contributed by atoms with E-state index >= 15 is 0 Å². The molecule has 0 spiro atoms. The first-order valence-electron chi connectivity index (χ1n) is 8.19. The van der Waals surface area contributed by atoms with Gasteiger partial charge in [-0.2, -0.15) is 0 Å². The Hall–Kier alpha value is -1.92. The van der Waals surface area contributed by atoms with Crippen LogP contribution < -0.4 is 5.32 Å². The number of nitrogens with zero attached hydrogens (tertiary/aromatic N) is 1. The molecule has 3 rings (SSSR count). The summed E-state index contributed by atoms with van der Waals surface area (Å²) in [6.45, 7) is 2.18. The van der Waals surface area contributed by atoms with Crippen molar-refractivity contribution in [1.29, 1.82) is 0 Å². The number of methoxy groups -OCH3 is 1. The Morgan fingerprint density at radius 2 is 2.28 bits per heavy atom. The molecule has 0 unspecified atom stereocenters. The Morgan fingerprint density at radius 3 is 2.96 bits per heavy atom. The third-order valence-corrected chi connectivity index (χ3v) is 6.04. The van der Waals surface area contributed by atoms with E-state index in [9.17, 15) is 9.59 Å². The summed E-state index contributed by atoms with van der Waals surface area (Å²) in [5.74, 6) is -0.179. The van der Waals surface area contributed by atoms with E-state index in [1.54, 1.807) is 12.1 Å². The second kappa shape index (κ2) is 7.54. The zero-order valence-corrected chi connectivity index (χ0v) is 15.7. The molecule has 1 amide bonds. The first-order chi connectivity index (χ1) is 12.0. The Kier molecular flexibility index (Phi) is 5.39. The van der Waals surface area contributed by atoms with Gasteiger partial charge in [-0.3, -0.25) is 4.79 Å². The molecule has 2 aromatic rings. The van der Waals surface area contributed by atoms with Crippen molar-refractivity contribution in [2.45, 2.75) is 32.6 Å². The number of rotatable bonds is 4. The summed E-state index contributed by atoms with van der Waals surface area (Å²) < 4.78 is 4.94. The number of ether oxygens (including phenoxy) is 1. The van der Waals surface area contributed by atoms with Crippen molar-refractivity contribution in [2.24, 2.45) is 5.92 Å². The molecule has 1 aliphatic carbocycles. The van der Waals surface area contributed by atoms with Crippen molar-refractivity contribution in [2.75, 3.05) is 12.4 Å². The SMILES string of the molecule is CC[C@H]1CCc2c(sc(NC(=O)c3cccnc3Cl)c2C(=O)OC)C1. The van der Waals surface area contributed by atoms with Gasteiger partial charge < -0.3 is 10.1 Å². The molecule has 0 saturated carbocycles. The van der Waals surface area contributed by atoms with Crippen molar-refractivity contribution in [1.82, 2.24) is 4.98 Å². The number of halogens is 1. The predicted octanol–water partition coefficient (Wildman–Crippen LogP) is 4.35. The van der Waals surface area contributed by atoms with Gasteiger partial charge in [0.25, 0.3) is 5.91 Å². The summed E-state index contributed by atoms with van der Waals surface area (Å²) in [5.41, 5.74) is 1.76. The lowest BCUT2D eigenvalue weighted by Crippen LogP contribution is -2.17. The number of esters is 1. The molecule has 7 heteroatoms. The Labute approximate surface area is 155 Å². The predicted molar refractivity (Wildman–Crippen MR) is 98.7 cm³/mol. The summed E-state index contributed by atoms with van der Waals surface area (Å²) in [7, 11) is 1.35. The van der Waals surface area contributed by atoms with Gasteiger partial charge in [-0.15, -0.1) is 11.3 Å². The van der Waals surface area contributed by atoms with Crippen LogP contribution in [-0.2, 0) is 17.6 Å². The molecule has 0 aliphatic heterocycles. The minimum Gasteiger partial charge on any atom is -0.465 e. The van der Waals surface area contributed by atoms with Gasteiger partial charge in [0.15, 0.2) is 0 Å². The molecule has 25 heavy (non-hydrogen) atoms. The fraction of sp³-hybridized carbons (Fsp3) is 0.389. The van der Waals surface area contributed by atoms with Gasteiger partial charge in [-0.25, -0.2) is 9.78 Å². The van der Waals surface area contributed by atoms with Crippen LogP contribution in [0.15, 0.2) is 18.3 Å². The molecule has 0 saturated heterocycles. The standard InChI is InChI=1S/C18H19ClN2O3S/c1-3-10-6-7-11-13(9-10)25-17(14(11)18(23)24-2)21-16(22)12-5-4-8-20-15(12)19/h4-5,8,10H,3,6-7,9H2,1-2H3,(H,21,22)/t10-/m0/s1. The lowest BCUT2D eigenvalue weighted by Gasteiger charge is -2.20. The molecule has 0 aromatic carbocycles. The quantitative estimate of drug-likeness (QED) is 0.634. The smallest absolute Gasteiger partial charge is 0.341 e. The van der Waals surface area contributed by atoms with E-state index in [4.69, 9.17) is 16.3 Å². The van der Waals surface area contributed by atoms with Gasteiger partial charge in [-0.1, -0.05) is 24.9 Å². The zero-order valence-electron chi connectivity index (χ0n) is 14.1. The van der Waals surface area contributed by atoms with Gasteiger partial charge in [-0.05, 0) is 42.9 Å². The van der Waals surface area contributed by atoms with Crippen LogP contribution in [0.1, 0.15) is 50.9 Å². The third kappa shape index (κ3) is 3.55. The average molecular weight is 379 g/mol. The number of hydrogen-bond acceptors (Lipinski definition) is 5. The first kappa shape index (κ1) is 17.9. The van der Waals surface area contributed by atoms with Crippen LogP contribution in [0.5, 0.6) is 0 Å². The van der Waals surface area contributed by atoms with Gasteiger partial charge in [0, 0.05) is 11.1 Å². The molecule has 1 aliphatic rings. The number of hydrogen-bond donors (Lipinski definition) is 1. The Morgan fingerprint density at radius 1 is 1.48 bits per heavy atom. The highest BCUT2D eigenvalue weighted by Crippen LogP contribution is 2.41. The monoisotopic (exact) mass is 378 g/mol. The normalized spacial score (nSPS) is 16.2. The highest BCUT2D eigenvalue weighted by atomic mass is 35.5. The van der Waals surface area contributed by atoms with E-state index in [0.29, 0.717) is 16.5 Å². The summed E-state index contributed by atoms with van der Waals surface area (Å²) in [5, 5.41) is 3.49. The summed E-state index contributed by atoms with van der Waals surface area (Å²) in [6, 6.07) is 3.25. The van der Waals surface area contributed by atoms with E-state index in [0.717, 1.165) is 36.1 Å². The van der Waals surface area contributed by atoms with Gasteiger partial charge >= 0.3 is 5.97 Å². The maximum Gasteiger partial charge on any atom is 0.341 e.